The minimum absolute atomic E-state index is 0.0786. The topological polar surface area (TPSA) is 166 Å². The van der Waals surface area contributed by atoms with Gasteiger partial charge in [0.1, 0.15) is 0 Å². The van der Waals surface area contributed by atoms with Crippen molar-refractivity contribution in [2.75, 3.05) is 183 Å². The average Bonchev–Trinajstić information content (AvgIpc) is 0.959. The molecule has 15 saturated heterocycles. The van der Waals surface area contributed by atoms with Crippen molar-refractivity contribution >= 4 is 10.0 Å². The Balaban J connectivity index is 0.000000404. The van der Waals surface area contributed by atoms with Gasteiger partial charge in [-0.15, -0.1) is 0 Å². The Labute approximate surface area is 679 Å². The van der Waals surface area contributed by atoms with Crippen LogP contribution in [0.2, 0.25) is 0 Å². The summed E-state index contributed by atoms with van der Waals surface area (Å²) in [6.45, 7) is 86.2. The number of morpholine rings is 1. The van der Waals surface area contributed by atoms with Crippen molar-refractivity contribution in [3.63, 3.8) is 0 Å². The molecule has 17 fully saturated rings. The van der Waals surface area contributed by atoms with Crippen molar-refractivity contribution in [2.24, 2.45) is 29.6 Å². The van der Waals surface area contributed by atoms with Gasteiger partial charge in [-0.2, -0.15) is 4.31 Å². The fourth-order valence-corrected chi connectivity index (χ4v) is 18.2. The third-order valence-corrected chi connectivity index (χ3v) is 25.0. The molecular weight excluding hydrogens is 1370 g/mol. The van der Waals surface area contributed by atoms with Crippen LogP contribution < -0.4 is 42.5 Å². The van der Waals surface area contributed by atoms with Gasteiger partial charge in [0.15, 0.2) is 0 Å². The van der Waals surface area contributed by atoms with Crippen LogP contribution in [-0.4, -0.2) is 314 Å². The van der Waals surface area contributed by atoms with Gasteiger partial charge in [0.2, 0.25) is 10.0 Å². The molecule has 0 aromatic heterocycles. The molecule has 15 aliphatic heterocycles. The fourth-order valence-electron chi connectivity index (χ4n) is 16.6. The van der Waals surface area contributed by atoms with Crippen LogP contribution in [0.4, 0.5) is 0 Å². The van der Waals surface area contributed by atoms with Gasteiger partial charge in [0.25, 0.3) is 0 Å². The Bertz CT molecular complexity index is 2030. The first-order chi connectivity index (χ1) is 51.7. The van der Waals surface area contributed by atoms with Crippen LogP contribution in [0.1, 0.15) is 282 Å². The van der Waals surface area contributed by atoms with Gasteiger partial charge in [0, 0.05) is 196 Å². The van der Waals surface area contributed by atoms with Crippen LogP contribution in [0, 0.1) is 29.6 Å². The predicted molar refractivity (Wildman–Crippen MR) is 477 cm³/mol. The Morgan fingerprint density at radius 3 is 0.945 bits per heavy atom. The van der Waals surface area contributed by atoms with Crippen molar-refractivity contribution in [3.8, 4) is 0 Å². The van der Waals surface area contributed by atoms with Gasteiger partial charge < -0.3 is 47.3 Å². The SMILES string of the molecule is C1CCNC1.C1CCNCC1.C1CNC1.CC(C)C.CC(C)C.CC(C)C.CC(C)N1CC2CC1CN2.CC(C)N1CC2CCC1C2.CC(C)N1CC2CCC1CC2.CC(C)N1CC2CCC1CN2.CC(C)N1CCCNCC1.CC(C)N1CCNCC1.CC(C)N1CCNCCS1(=O)=O.CC(C)N1CCOCC1. The van der Waals surface area contributed by atoms with E-state index in [9.17, 15) is 8.42 Å². The second-order valence-electron chi connectivity index (χ2n) is 38.2. The van der Waals surface area contributed by atoms with E-state index in [0.29, 0.717) is 19.1 Å². The Hall–Kier alpha value is -0.730. The molecule has 652 valence electrons. The zero-order chi connectivity index (χ0) is 81.3. The molecular formula is C89H192N16O3S. The molecule has 17 aliphatic rings. The molecule has 109 heavy (non-hydrogen) atoms. The smallest absolute Gasteiger partial charge is 0.215 e. The van der Waals surface area contributed by atoms with Gasteiger partial charge in [-0.1, -0.05) is 68.7 Å². The molecule has 0 radical (unpaired) electrons. The Kier molecular flexibility index (Phi) is 58.9. The van der Waals surface area contributed by atoms with E-state index in [4.69, 9.17) is 4.74 Å². The van der Waals surface area contributed by atoms with Crippen LogP contribution in [0.5, 0.6) is 0 Å². The molecule has 2 saturated carbocycles. The summed E-state index contributed by atoms with van der Waals surface area (Å²) in [6, 6.07) is 10.5. The lowest BCUT2D eigenvalue weighted by Gasteiger charge is -2.47. The number of fused-ring (bicyclic) bond motifs is 10. The number of ether oxygens (including phenoxy) is 1. The van der Waals surface area contributed by atoms with E-state index in [1.807, 2.05) is 13.8 Å². The van der Waals surface area contributed by atoms with Crippen molar-refractivity contribution < 1.29 is 13.2 Å². The first kappa shape index (κ1) is 104. The van der Waals surface area contributed by atoms with E-state index in [1.165, 1.54) is 220 Å². The number of piperidine rings is 6. The molecule has 17 rings (SSSR count). The molecule has 0 amide bonds. The number of hydrogen-bond donors (Lipinski definition) is 8. The number of nitrogens with one attached hydrogen (secondary N) is 8. The monoisotopic (exact) mass is 1570 g/mol. The van der Waals surface area contributed by atoms with Crippen LogP contribution in [0.15, 0.2) is 0 Å². The highest BCUT2D eigenvalue weighted by Gasteiger charge is 2.40. The highest BCUT2D eigenvalue weighted by molar-refractivity contribution is 7.89. The van der Waals surface area contributed by atoms with Crippen LogP contribution in [0.25, 0.3) is 0 Å². The van der Waals surface area contributed by atoms with E-state index >= 15 is 0 Å². The lowest BCUT2D eigenvalue weighted by molar-refractivity contribution is 0.0238. The molecule has 19 nitrogen and oxygen atoms in total. The predicted octanol–water partition coefficient (Wildman–Crippen LogP) is 12.9. The van der Waals surface area contributed by atoms with E-state index in [1.54, 1.807) is 4.31 Å². The summed E-state index contributed by atoms with van der Waals surface area (Å²) >= 11 is 0. The van der Waals surface area contributed by atoms with Crippen LogP contribution in [-0.2, 0) is 14.8 Å². The minimum atomic E-state index is -2.99. The lowest BCUT2D eigenvalue weighted by Crippen LogP contribution is -2.62. The molecule has 0 aromatic carbocycles. The van der Waals surface area contributed by atoms with Crippen molar-refractivity contribution in [3.05, 3.63) is 0 Å². The van der Waals surface area contributed by atoms with Gasteiger partial charge in [-0.05, 0) is 295 Å². The van der Waals surface area contributed by atoms with E-state index < -0.39 is 10.0 Å². The van der Waals surface area contributed by atoms with Gasteiger partial charge in [0.05, 0.1) is 19.0 Å². The van der Waals surface area contributed by atoms with Crippen molar-refractivity contribution in [2.45, 2.75) is 367 Å². The lowest BCUT2D eigenvalue weighted by atomic mass is 9.79. The van der Waals surface area contributed by atoms with E-state index in [-0.39, 0.29) is 11.8 Å². The summed E-state index contributed by atoms with van der Waals surface area (Å²) in [5, 5.41) is 26.5. The standard InChI is InChI=1S/C10H19N.C9H18N2.C9H17N.C8H16N2.C8H18N2.C7H16N2O2S.C7H16N2.C7H15NO.C5H11N.C4H9N.3C4H10.C3H7N/c1-8(2)11-7-9-3-5-10(11)6-4-9;1-7(2)11-6-8-3-4-9(11)5-10-8;1-7(2)10-6-8-3-4-9(10)5-8;1-6(2)10-5-7-3-8(10)4-9-7;1-8(2)10-6-3-4-9-5-7-10;1-7(2)9-5-3-8-4-6-12(9,10)11;1-7(2)9-5-3-8-4-6-9;1-7(2)8-3-5-9-6-4-8;1-2-4-6-5-3-1;1-2-4-5-3-1;3*1-4(2)3;1-2-4-3-1/h8-10H,3-7H2,1-2H3;7-10H,3-6H2,1-2H3;7-9H,3-6H2,1-2H3;6-9H,3-5H2,1-2H3;8-9H,3-7H2,1-2H3;7-8H,3-6H2,1-2H3;7-8H,3-6H2,1-2H3;7H,3-6H2,1-2H3;6H,1-5H2;5H,1-4H2;3*4H,1-3H3;4H,1-3H2. The second kappa shape index (κ2) is 61.6. The van der Waals surface area contributed by atoms with Crippen molar-refractivity contribution in [1.29, 1.82) is 0 Å². The number of piperazine rings is 3. The molecule has 8 N–H and O–H groups in total. The van der Waals surface area contributed by atoms with Crippen LogP contribution in [0.3, 0.4) is 0 Å². The number of hydrogen-bond acceptors (Lipinski definition) is 18. The number of nitrogens with zero attached hydrogens (tertiary/aromatic N) is 8. The summed E-state index contributed by atoms with van der Waals surface area (Å²) in [6.07, 6.45) is 24.3. The quantitative estimate of drug-likeness (QED) is 0.116. The van der Waals surface area contributed by atoms with E-state index in [0.717, 1.165) is 155 Å². The summed E-state index contributed by atoms with van der Waals surface area (Å²) in [5.74, 6) is 4.83. The molecule has 20 heteroatoms. The first-order valence-corrected chi connectivity index (χ1v) is 47.9. The van der Waals surface area contributed by atoms with Gasteiger partial charge >= 0.3 is 0 Å². The number of rotatable bonds is 8. The maximum atomic E-state index is 11.5. The summed E-state index contributed by atoms with van der Waals surface area (Å²) in [5.41, 5.74) is 0. The molecule has 6 atom stereocenters. The maximum Gasteiger partial charge on any atom is 0.215 e. The first-order valence-electron chi connectivity index (χ1n) is 46.3. The van der Waals surface area contributed by atoms with Crippen molar-refractivity contribution in [1.82, 2.24) is 81.1 Å². The second-order valence-corrected chi connectivity index (χ2v) is 40.2. The van der Waals surface area contributed by atoms with Gasteiger partial charge in [-0.25, -0.2) is 8.42 Å². The number of likely N-dealkylation sites (tertiary alicyclic amines) is 2. The zero-order valence-electron chi connectivity index (χ0n) is 77.0. The zero-order valence-corrected chi connectivity index (χ0v) is 77.8. The fraction of sp³-hybridized carbons (Fsp3) is 1.00. The third-order valence-electron chi connectivity index (χ3n) is 23.0. The third kappa shape index (κ3) is 48.7. The van der Waals surface area contributed by atoms with Crippen LogP contribution >= 0.6 is 0 Å². The maximum absolute atomic E-state index is 11.5. The molecule has 8 bridgehead atoms. The minimum Gasteiger partial charge on any atom is -0.379 e. The van der Waals surface area contributed by atoms with E-state index in [2.05, 4.69) is 236 Å². The highest BCUT2D eigenvalue weighted by Crippen LogP contribution is 2.38. The summed E-state index contributed by atoms with van der Waals surface area (Å²) in [7, 11) is -2.99. The Morgan fingerprint density at radius 1 is 0.294 bits per heavy atom. The summed E-state index contributed by atoms with van der Waals surface area (Å²) in [4.78, 5) is 18.1. The largest absolute Gasteiger partial charge is 0.379 e. The van der Waals surface area contributed by atoms with Gasteiger partial charge in [-0.3, -0.25) is 34.3 Å². The number of sulfonamides is 1. The highest BCUT2D eigenvalue weighted by atomic mass is 32.2. The molecule has 0 spiro atoms. The molecule has 15 heterocycles. The summed E-state index contributed by atoms with van der Waals surface area (Å²) < 4.78 is 29.8. The average molecular weight is 1570 g/mol. The molecule has 0 aromatic rings. The normalized spacial score (nSPS) is 28.1. The Morgan fingerprint density at radius 2 is 0.642 bits per heavy atom. The molecule has 2 aliphatic carbocycles. The molecule has 6 unspecified atom stereocenters.